The van der Waals surface area contributed by atoms with Gasteiger partial charge in [0.25, 0.3) is 10.0 Å². The number of hydrogen-bond acceptors (Lipinski definition) is 3. The predicted molar refractivity (Wildman–Crippen MR) is 77.5 cm³/mol. The number of benzene rings is 2. The number of para-hydroxylation sites is 1. The molecule has 0 aliphatic rings. The molecule has 0 atom stereocenters. The first-order valence-corrected chi connectivity index (χ1v) is 7.43. The molecule has 0 aromatic heterocycles. The SMILES string of the molecule is Cc1cc(N)c(S(=O)(=O)Nc2ccccc2F)cc1C. The molecule has 0 amide bonds. The number of aryl methyl sites for hydroxylation is 2. The fourth-order valence-electron chi connectivity index (χ4n) is 1.79. The number of anilines is 2. The van der Waals surface area contributed by atoms with Crippen molar-refractivity contribution in [3.05, 3.63) is 53.3 Å². The van der Waals surface area contributed by atoms with E-state index in [4.69, 9.17) is 5.73 Å². The van der Waals surface area contributed by atoms with Crippen molar-refractivity contribution in [2.75, 3.05) is 10.5 Å². The normalized spacial score (nSPS) is 11.3. The Labute approximate surface area is 117 Å². The third-order valence-corrected chi connectivity index (χ3v) is 4.46. The van der Waals surface area contributed by atoms with Crippen LogP contribution in [0.4, 0.5) is 15.8 Å². The number of nitrogens with two attached hydrogens (primary N) is 1. The summed E-state index contributed by atoms with van der Waals surface area (Å²) in [5.41, 5.74) is 7.48. The van der Waals surface area contributed by atoms with E-state index >= 15 is 0 Å². The van der Waals surface area contributed by atoms with Crippen LogP contribution in [0.3, 0.4) is 0 Å². The quantitative estimate of drug-likeness (QED) is 0.855. The van der Waals surface area contributed by atoms with E-state index in [1.165, 1.54) is 24.3 Å². The average Bonchev–Trinajstić information content (AvgIpc) is 2.36. The van der Waals surface area contributed by atoms with E-state index in [1.807, 2.05) is 6.92 Å². The highest BCUT2D eigenvalue weighted by Crippen LogP contribution is 2.25. The lowest BCUT2D eigenvalue weighted by Gasteiger charge is -2.12. The van der Waals surface area contributed by atoms with Gasteiger partial charge in [-0.15, -0.1) is 0 Å². The standard InChI is InChI=1S/C14H15FN2O2S/c1-9-7-12(16)14(8-10(9)2)20(18,19)17-13-6-4-3-5-11(13)15/h3-8,17H,16H2,1-2H3. The second-order valence-corrected chi connectivity index (χ2v) is 6.21. The van der Waals surface area contributed by atoms with E-state index in [2.05, 4.69) is 4.72 Å². The topological polar surface area (TPSA) is 72.2 Å². The molecule has 0 fully saturated rings. The average molecular weight is 294 g/mol. The van der Waals surface area contributed by atoms with Crippen LogP contribution in [0.25, 0.3) is 0 Å². The lowest BCUT2D eigenvalue weighted by molar-refractivity contribution is 0.599. The molecule has 6 heteroatoms. The zero-order chi connectivity index (χ0) is 14.9. The molecule has 2 rings (SSSR count). The van der Waals surface area contributed by atoms with Crippen LogP contribution in [0.5, 0.6) is 0 Å². The summed E-state index contributed by atoms with van der Waals surface area (Å²) in [6, 6.07) is 8.63. The summed E-state index contributed by atoms with van der Waals surface area (Å²) in [5.74, 6) is -0.640. The van der Waals surface area contributed by atoms with Gasteiger partial charge in [-0.1, -0.05) is 12.1 Å². The predicted octanol–water partition coefficient (Wildman–Crippen LogP) is 2.83. The molecule has 20 heavy (non-hydrogen) atoms. The van der Waals surface area contributed by atoms with E-state index in [0.29, 0.717) is 0 Å². The van der Waals surface area contributed by atoms with Crippen LogP contribution in [-0.2, 0) is 10.0 Å². The summed E-state index contributed by atoms with van der Waals surface area (Å²) in [5, 5.41) is 0. The van der Waals surface area contributed by atoms with Crippen molar-refractivity contribution < 1.29 is 12.8 Å². The minimum absolute atomic E-state index is 0.0520. The van der Waals surface area contributed by atoms with Gasteiger partial charge in [0.1, 0.15) is 10.7 Å². The third-order valence-electron chi connectivity index (χ3n) is 3.03. The molecular weight excluding hydrogens is 279 g/mol. The molecule has 0 heterocycles. The van der Waals surface area contributed by atoms with Crippen LogP contribution < -0.4 is 10.5 Å². The minimum atomic E-state index is -3.92. The van der Waals surface area contributed by atoms with Crippen LogP contribution >= 0.6 is 0 Å². The molecule has 0 bridgehead atoms. The van der Waals surface area contributed by atoms with Crippen molar-refractivity contribution in [2.45, 2.75) is 18.7 Å². The van der Waals surface area contributed by atoms with Crippen LogP contribution in [0, 0.1) is 19.7 Å². The van der Waals surface area contributed by atoms with Gasteiger partial charge in [-0.25, -0.2) is 12.8 Å². The molecule has 0 radical (unpaired) electrons. The van der Waals surface area contributed by atoms with E-state index in [0.717, 1.165) is 11.1 Å². The zero-order valence-corrected chi connectivity index (χ0v) is 12.0. The smallest absolute Gasteiger partial charge is 0.264 e. The molecule has 106 valence electrons. The summed E-state index contributed by atoms with van der Waals surface area (Å²) in [6.45, 7) is 3.63. The Hall–Kier alpha value is -2.08. The highest BCUT2D eigenvalue weighted by Gasteiger charge is 2.19. The van der Waals surface area contributed by atoms with Crippen molar-refractivity contribution in [2.24, 2.45) is 0 Å². The highest BCUT2D eigenvalue weighted by atomic mass is 32.2. The van der Waals surface area contributed by atoms with Crippen molar-refractivity contribution in [3.63, 3.8) is 0 Å². The summed E-state index contributed by atoms with van der Waals surface area (Å²) < 4.78 is 40.3. The maximum Gasteiger partial charge on any atom is 0.264 e. The minimum Gasteiger partial charge on any atom is -0.398 e. The maximum absolute atomic E-state index is 13.5. The summed E-state index contributed by atoms with van der Waals surface area (Å²) in [4.78, 5) is -0.0520. The van der Waals surface area contributed by atoms with Crippen LogP contribution in [-0.4, -0.2) is 8.42 Å². The Kier molecular flexibility index (Phi) is 3.67. The first kappa shape index (κ1) is 14.3. The number of halogens is 1. The molecule has 0 unspecified atom stereocenters. The van der Waals surface area contributed by atoms with Gasteiger partial charge >= 0.3 is 0 Å². The van der Waals surface area contributed by atoms with Gasteiger partial charge < -0.3 is 5.73 Å². The Morgan fingerprint density at radius 2 is 1.70 bits per heavy atom. The lowest BCUT2D eigenvalue weighted by Crippen LogP contribution is -2.16. The monoisotopic (exact) mass is 294 g/mol. The summed E-state index contributed by atoms with van der Waals surface area (Å²) in [6.07, 6.45) is 0. The number of hydrogen-bond donors (Lipinski definition) is 2. The number of rotatable bonds is 3. The molecule has 0 saturated carbocycles. The molecule has 0 aliphatic carbocycles. The number of sulfonamides is 1. The summed E-state index contributed by atoms with van der Waals surface area (Å²) >= 11 is 0. The van der Waals surface area contributed by atoms with Gasteiger partial charge in [-0.05, 0) is 49.2 Å². The van der Waals surface area contributed by atoms with Crippen molar-refractivity contribution in [1.82, 2.24) is 0 Å². The second-order valence-electron chi connectivity index (χ2n) is 4.56. The molecule has 4 nitrogen and oxygen atoms in total. The fourth-order valence-corrected chi connectivity index (χ4v) is 3.05. The van der Waals surface area contributed by atoms with E-state index in [-0.39, 0.29) is 16.3 Å². The van der Waals surface area contributed by atoms with Crippen LogP contribution in [0.2, 0.25) is 0 Å². The van der Waals surface area contributed by atoms with E-state index < -0.39 is 15.8 Å². The number of nitrogen functional groups attached to an aromatic ring is 1. The van der Waals surface area contributed by atoms with Gasteiger partial charge in [-0.3, -0.25) is 4.72 Å². The Balaban J connectivity index is 2.47. The van der Waals surface area contributed by atoms with Crippen molar-refractivity contribution >= 4 is 21.4 Å². The molecule has 3 N–H and O–H groups in total. The van der Waals surface area contributed by atoms with Gasteiger partial charge in [0.05, 0.1) is 11.4 Å². The van der Waals surface area contributed by atoms with Crippen molar-refractivity contribution in [1.29, 1.82) is 0 Å². The van der Waals surface area contributed by atoms with Gasteiger partial charge in [0.15, 0.2) is 0 Å². The Morgan fingerprint density at radius 1 is 1.10 bits per heavy atom. The van der Waals surface area contributed by atoms with Gasteiger partial charge in [0.2, 0.25) is 0 Å². The van der Waals surface area contributed by atoms with Crippen LogP contribution in [0.1, 0.15) is 11.1 Å². The highest BCUT2D eigenvalue weighted by molar-refractivity contribution is 7.92. The zero-order valence-electron chi connectivity index (χ0n) is 11.1. The molecule has 0 aliphatic heterocycles. The van der Waals surface area contributed by atoms with E-state index in [1.54, 1.807) is 19.1 Å². The molecule has 0 spiro atoms. The van der Waals surface area contributed by atoms with Gasteiger partial charge in [-0.2, -0.15) is 0 Å². The van der Waals surface area contributed by atoms with Crippen LogP contribution in [0.15, 0.2) is 41.3 Å². The molecule has 2 aromatic rings. The largest absolute Gasteiger partial charge is 0.398 e. The third kappa shape index (κ3) is 2.75. The fraction of sp³-hybridized carbons (Fsp3) is 0.143. The second kappa shape index (κ2) is 5.13. The molecule has 2 aromatic carbocycles. The van der Waals surface area contributed by atoms with E-state index in [9.17, 15) is 12.8 Å². The Morgan fingerprint density at radius 3 is 2.35 bits per heavy atom. The van der Waals surface area contributed by atoms with Gasteiger partial charge in [0, 0.05) is 0 Å². The lowest BCUT2D eigenvalue weighted by atomic mass is 10.1. The molecule has 0 saturated heterocycles. The maximum atomic E-state index is 13.5. The van der Waals surface area contributed by atoms with Crippen molar-refractivity contribution in [3.8, 4) is 0 Å². The molecular formula is C14H15FN2O2S. The first-order valence-electron chi connectivity index (χ1n) is 5.95. The number of nitrogens with one attached hydrogen (secondary N) is 1. The Bertz CT molecular complexity index is 758. The summed E-state index contributed by atoms with van der Waals surface area (Å²) in [7, 11) is -3.92. The first-order chi connectivity index (χ1) is 9.31.